The van der Waals surface area contributed by atoms with Crippen molar-refractivity contribution in [1.82, 2.24) is 15.2 Å². The van der Waals surface area contributed by atoms with Crippen LogP contribution in [0.1, 0.15) is 44.8 Å². The molecule has 1 aromatic heterocycles. The molecule has 0 unspecified atom stereocenters. The van der Waals surface area contributed by atoms with Crippen molar-refractivity contribution < 1.29 is 19.1 Å². The van der Waals surface area contributed by atoms with E-state index in [0.717, 1.165) is 16.5 Å². The third-order valence-electron chi connectivity index (χ3n) is 6.65. The summed E-state index contributed by atoms with van der Waals surface area (Å²) in [6.07, 6.45) is 0.918. The fourth-order valence-electron chi connectivity index (χ4n) is 4.71. The van der Waals surface area contributed by atoms with Gasteiger partial charge in [0.25, 0.3) is 11.8 Å². The molecule has 0 radical (unpaired) electrons. The van der Waals surface area contributed by atoms with E-state index in [1.165, 1.54) is 0 Å². The second-order valence-electron chi connectivity index (χ2n) is 8.58. The maximum atomic E-state index is 13.3. The van der Waals surface area contributed by atoms with Crippen LogP contribution in [0, 0.1) is 6.92 Å². The topological polar surface area (TPSA) is 148 Å². The smallest absolute Gasteiger partial charge is 0.270 e. The molecule has 3 heterocycles. The molecule has 3 aromatic rings. The summed E-state index contributed by atoms with van der Waals surface area (Å²) in [6, 6.07) is 10.7. The summed E-state index contributed by atoms with van der Waals surface area (Å²) < 4.78 is 11.7. The van der Waals surface area contributed by atoms with Crippen LogP contribution in [0.4, 0.5) is 0 Å². The summed E-state index contributed by atoms with van der Waals surface area (Å²) in [4.78, 5) is 31.2. The number of hydrogen-bond acceptors (Lipinski definition) is 6. The standard InChI is InChI=1S/C24H26N6O4/c1-13-15-4-3-5-18(33-2)20(15)27-19(13)23(32)30-10-8-24(9-11-30)28-22(31)16-12-14(21(25)29-26)6-7-17(16)34-24/h3-7,12,27H,8-11,26H2,1-2H3,(H2,25,29)(H,28,31). The molecular weight excluding hydrogens is 436 g/mol. The second kappa shape index (κ2) is 7.98. The molecule has 0 aliphatic carbocycles. The molecule has 5 rings (SSSR count). The first-order chi connectivity index (χ1) is 16.4. The Balaban J connectivity index is 1.34. The SMILES string of the molecule is COc1cccc2c(C)c(C(=O)N3CCC4(CC3)NC(=O)c3cc(/C(N)=N/N)ccc3O4)[nH]c12. The lowest BCUT2D eigenvalue weighted by Crippen LogP contribution is -2.61. The molecule has 10 nitrogen and oxygen atoms in total. The number of aromatic amines is 1. The molecule has 1 spiro atoms. The number of amides is 2. The number of rotatable bonds is 3. The van der Waals surface area contributed by atoms with Crippen molar-refractivity contribution in [2.75, 3.05) is 20.2 Å². The lowest BCUT2D eigenvalue weighted by atomic mass is 9.96. The van der Waals surface area contributed by atoms with Gasteiger partial charge in [0.1, 0.15) is 23.0 Å². The summed E-state index contributed by atoms with van der Waals surface area (Å²) >= 11 is 0. The molecule has 2 aliphatic heterocycles. The third-order valence-corrected chi connectivity index (χ3v) is 6.65. The van der Waals surface area contributed by atoms with Crippen LogP contribution in [0.5, 0.6) is 11.5 Å². The molecule has 34 heavy (non-hydrogen) atoms. The van der Waals surface area contributed by atoms with E-state index in [1.54, 1.807) is 30.2 Å². The Morgan fingerprint density at radius 2 is 2.00 bits per heavy atom. The highest BCUT2D eigenvalue weighted by atomic mass is 16.5. The number of H-pyrrole nitrogens is 1. The molecule has 0 saturated carbocycles. The van der Waals surface area contributed by atoms with Crippen LogP contribution in [0.15, 0.2) is 41.5 Å². The van der Waals surface area contributed by atoms with Crippen molar-refractivity contribution in [3.05, 3.63) is 58.8 Å². The number of carbonyl (C=O) groups is 2. The minimum atomic E-state index is -0.866. The third kappa shape index (κ3) is 3.38. The first-order valence-corrected chi connectivity index (χ1v) is 11.0. The lowest BCUT2D eigenvalue weighted by molar-refractivity contribution is -0.0246. The zero-order valence-corrected chi connectivity index (χ0v) is 19.0. The number of hydrazone groups is 1. The highest BCUT2D eigenvalue weighted by Crippen LogP contribution is 2.35. The Kier molecular flexibility index (Phi) is 5.07. The van der Waals surface area contributed by atoms with Crippen LogP contribution in [0.3, 0.4) is 0 Å². The van der Waals surface area contributed by atoms with E-state index in [4.69, 9.17) is 21.1 Å². The normalized spacial score (nSPS) is 17.3. The summed E-state index contributed by atoms with van der Waals surface area (Å²) in [5.74, 6) is 6.19. The predicted molar refractivity (Wildman–Crippen MR) is 127 cm³/mol. The number of methoxy groups -OCH3 is 1. The number of benzene rings is 2. The highest BCUT2D eigenvalue weighted by Gasteiger charge is 2.43. The summed E-state index contributed by atoms with van der Waals surface area (Å²) in [6.45, 7) is 2.80. The van der Waals surface area contributed by atoms with Gasteiger partial charge in [0.05, 0.1) is 18.2 Å². The predicted octanol–water partition coefficient (Wildman–Crippen LogP) is 1.82. The maximum absolute atomic E-state index is 13.3. The van der Waals surface area contributed by atoms with Crippen molar-refractivity contribution in [2.24, 2.45) is 16.7 Å². The summed E-state index contributed by atoms with van der Waals surface area (Å²) in [5, 5.41) is 7.41. The van der Waals surface area contributed by atoms with Gasteiger partial charge >= 0.3 is 0 Å². The van der Waals surface area contributed by atoms with Gasteiger partial charge in [-0.05, 0) is 36.8 Å². The van der Waals surface area contributed by atoms with Crippen molar-refractivity contribution >= 4 is 28.6 Å². The van der Waals surface area contributed by atoms with Gasteiger partial charge in [-0.3, -0.25) is 9.59 Å². The molecule has 10 heteroatoms. The minimum Gasteiger partial charge on any atom is -0.495 e. The van der Waals surface area contributed by atoms with Crippen LogP contribution >= 0.6 is 0 Å². The van der Waals surface area contributed by atoms with E-state index in [-0.39, 0.29) is 17.6 Å². The number of nitrogens with one attached hydrogen (secondary N) is 2. The van der Waals surface area contributed by atoms with Gasteiger partial charge in [-0.1, -0.05) is 12.1 Å². The number of nitrogens with two attached hydrogens (primary N) is 2. The highest BCUT2D eigenvalue weighted by molar-refractivity contribution is 6.04. The van der Waals surface area contributed by atoms with Gasteiger partial charge in [0.15, 0.2) is 5.72 Å². The Hall–Kier alpha value is -4.21. The molecule has 6 N–H and O–H groups in total. The van der Waals surface area contributed by atoms with Crippen molar-refractivity contribution in [3.8, 4) is 11.5 Å². The van der Waals surface area contributed by atoms with Crippen molar-refractivity contribution in [1.29, 1.82) is 0 Å². The molecule has 2 aromatic carbocycles. The van der Waals surface area contributed by atoms with E-state index in [0.29, 0.717) is 54.3 Å². The zero-order chi connectivity index (χ0) is 24.0. The van der Waals surface area contributed by atoms with Gasteiger partial charge in [0.2, 0.25) is 0 Å². The number of likely N-dealkylation sites (tertiary alicyclic amines) is 1. The quantitative estimate of drug-likeness (QED) is 0.202. The summed E-state index contributed by atoms with van der Waals surface area (Å²) in [5.41, 5.74) is 8.03. The van der Waals surface area contributed by atoms with Crippen LogP contribution in [0.25, 0.3) is 10.9 Å². The van der Waals surface area contributed by atoms with Crippen LogP contribution in [-0.4, -0.2) is 53.5 Å². The Morgan fingerprint density at radius 1 is 1.24 bits per heavy atom. The Bertz CT molecular complexity index is 1340. The number of amidine groups is 1. The van der Waals surface area contributed by atoms with E-state index in [2.05, 4.69) is 15.4 Å². The first-order valence-electron chi connectivity index (χ1n) is 11.0. The zero-order valence-electron chi connectivity index (χ0n) is 19.0. The molecule has 0 bridgehead atoms. The fourth-order valence-corrected chi connectivity index (χ4v) is 4.71. The number of nitrogens with zero attached hydrogens (tertiary/aromatic N) is 2. The molecule has 2 aliphatic rings. The van der Waals surface area contributed by atoms with E-state index >= 15 is 0 Å². The number of fused-ring (bicyclic) bond motifs is 2. The molecule has 1 fully saturated rings. The molecule has 176 valence electrons. The number of hydrogen-bond donors (Lipinski definition) is 4. The van der Waals surface area contributed by atoms with Gasteiger partial charge < -0.3 is 36.3 Å². The average Bonchev–Trinajstić information content (AvgIpc) is 3.20. The number of ether oxygens (including phenoxy) is 2. The van der Waals surface area contributed by atoms with E-state index in [9.17, 15) is 9.59 Å². The van der Waals surface area contributed by atoms with Gasteiger partial charge in [-0.15, -0.1) is 0 Å². The summed E-state index contributed by atoms with van der Waals surface area (Å²) in [7, 11) is 1.61. The number of aryl methyl sites for hydroxylation is 1. The number of para-hydroxylation sites is 1. The van der Waals surface area contributed by atoms with Crippen LogP contribution in [-0.2, 0) is 0 Å². The first kappa shape index (κ1) is 21.6. The number of piperidine rings is 1. The Labute approximate surface area is 195 Å². The lowest BCUT2D eigenvalue weighted by Gasteiger charge is -2.44. The Morgan fingerprint density at radius 3 is 2.71 bits per heavy atom. The molecule has 2 amide bonds. The van der Waals surface area contributed by atoms with Crippen LogP contribution < -0.4 is 26.4 Å². The molecular formula is C24H26N6O4. The van der Waals surface area contributed by atoms with Gasteiger partial charge in [0, 0.05) is 36.9 Å². The monoisotopic (exact) mass is 462 g/mol. The van der Waals surface area contributed by atoms with Gasteiger partial charge in [-0.2, -0.15) is 5.10 Å². The second-order valence-corrected chi connectivity index (χ2v) is 8.58. The number of carbonyl (C=O) groups excluding carboxylic acids is 2. The molecule has 1 saturated heterocycles. The molecule has 0 atom stereocenters. The minimum absolute atomic E-state index is 0.0886. The van der Waals surface area contributed by atoms with Crippen molar-refractivity contribution in [3.63, 3.8) is 0 Å². The number of aromatic nitrogens is 1. The average molecular weight is 463 g/mol. The fraction of sp³-hybridized carbons (Fsp3) is 0.292. The van der Waals surface area contributed by atoms with Gasteiger partial charge in [-0.25, -0.2) is 0 Å². The van der Waals surface area contributed by atoms with Crippen molar-refractivity contribution in [2.45, 2.75) is 25.5 Å². The van der Waals surface area contributed by atoms with Crippen LogP contribution in [0.2, 0.25) is 0 Å². The largest absolute Gasteiger partial charge is 0.495 e. The van der Waals surface area contributed by atoms with E-state index < -0.39 is 5.72 Å². The maximum Gasteiger partial charge on any atom is 0.270 e. The van der Waals surface area contributed by atoms with E-state index in [1.807, 2.05) is 25.1 Å².